The smallest absolute Gasteiger partial charge is 0.244 e. The van der Waals surface area contributed by atoms with Crippen molar-refractivity contribution < 1.29 is 38.4 Å². The SMILES string of the molecule is CC(C)C[C@H](NC(=O)[C@H](Cc1cnc[nH]1)NC(=O)[C@H](CCCN=C(N)N)NC(=O)[C@H](CCCN=C(N)N)NC(=O)[C@H](CCCN=C(N)N)NC(=O)[C@@H](N)CCCN=C(N)N)C(=O)N[C@@H](CS)C(=O)N[C@@H](Cc1c[nH]c2ccccc12)C(N)=O. The first-order valence-corrected chi connectivity index (χ1v) is 27.5. The number of nitrogens with one attached hydrogen (secondary N) is 9. The average Bonchev–Trinajstić information content (AvgIpc) is 4.10. The summed E-state index contributed by atoms with van der Waals surface area (Å²) in [4.78, 5) is 137. The molecule has 0 saturated heterocycles. The number of guanidine groups is 4. The second-order valence-electron chi connectivity index (χ2n) is 19.9. The van der Waals surface area contributed by atoms with Gasteiger partial charge in [-0.1, -0.05) is 32.0 Å². The number of H-pyrrole nitrogens is 2. The monoisotopic (exact) mass is 1180 g/mol. The summed E-state index contributed by atoms with van der Waals surface area (Å²) < 4.78 is 0. The molecule has 1 aromatic carbocycles. The van der Waals surface area contributed by atoms with E-state index in [1.807, 2.05) is 24.3 Å². The van der Waals surface area contributed by atoms with Gasteiger partial charge in [-0.05, 0) is 75.3 Å². The number of hydrogen-bond acceptors (Lipinski definition) is 15. The number of hydrogen-bond donors (Lipinski definition) is 20. The molecular weight excluding hydrogens is 1100 g/mol. The van der Waals surface area contributed by atoms with Crippen molar-refractivity contribution in [3.8, 4) is 0 Å². The zero-order valence-corrected chi connectivity index (χ0v) is 47.7. The standard InChI is InChI=1S/C50H84N24O8S/c1-26(2)19-36(44(80)74-38(24-83)46(82)71-35(39(52)75)20-27-22-66-31-11-4-3-9-29(27)31)72-45(81)37(21-28-23-61-25-67-28)73-43(79)34(14-8-18-65-50(59)60)70-42(78)33(13-7-17-64-49(57)58)69-41(77)32(12-6-16-63-48(55)56)68-40(76)30(51)10-5-15-62-47(53)54/h3-4,9,11,22-23,25-26,30,32-38,66,83H,5-8,10,12-21,24,51H2,1-2H3,(H2,52,75)(H,61,67)(H,68,76)(H,69,77)(H,70,78)(H,71,82)(H,72,81)(H,73,79)(H,74,80)(H4,53,54,62)(H4,55,56,63)(H4,57,58,64)(H4,59,60,65)/t30-,32-,33-,34-,35-,36-,37-,38-/m0/s1. The maximum Gasteiger partial charge on any atom is 0.244 e. The Morgan fingerprint density at radius 2 is 0.928 bits per heavy atom. The van der Waals surface area contributed by atoms with E-state index in [9.17, 15) is 38.4 Å². The van der Waals surface area contributed by atoms with Crippen molar-refractivity contribution in [1.82, 2.24) is 52.2 Å². The van der Waals surface area contributed by atoms with Gasteiger partial charge in [-0.3, -0.25) is 58.3 Å². The number of benzene rings is 1. The first-order chi connectivity index (χ1) is 39.4. The lowest BCUT2D eigenvalue weighted by atomic mass is 10.0. The van der Waals surface area contributed by atoms with Crippen LogP contribution >= 0.6 is 12.6 Å². The van der Waals surface area contributed by atoms with E-state index < -0.39 is 95.6 Å². The number of carbonyl (C=O) groups is 8. The number of thiol groups is 1. The maximum atomic E-state index is 14.6. The van der Waals surface area contributed by atoms with Gasteiger partial charge in [-0.2, -0.15) is 12.6 Å². The molecule has 0 spiro atoms. The van der Waals surface area contributed by atoms with Crippen molar-refractivity contribution in [2.24, 2.45) is 83.2 Å². The molecule has 32 nitrogen and oxygen atoms in total. The average molecular weight is 1180 g/mol. The summed E-state index contributed by atoms with van der Waals surface area (Å²) in [5, 5.41) is 19.5. The predicted molar refractivity (Wildman–Crippen MR) is 318 cm³/mol. The number of imidazole rings is 1. The van der Waals surface area contributed by atoms with Crippen molar-refractivity contribution in [3.05, 3.63) is 54.2 Å². The van der Waals surface area contributed by atoms with E-state index in [0.29, 0.717) is 17.7 Å². The highest BCUT2D eigenvalue weighted by Gasteiger charge is 2.35. The molecule has 0 aliphatic carbocycles. The molecule has 2 heterocycles. The van der Waals surface area contributed by atoms with Crippen LogP contribution in [0.2, 0.25) is 0 Å². The number of amides is 8. The van der Waals surface area contributed by atoms with Crippen molar-refractivity contribution in [2.75, 3.05) is 31.9 Å². The van der Waals surface area contributed by atoms with Gasteiger partial charge in [0.2, 0.25) is 47.3 Å². The van der Waals surface area contributed by atoms with E-state index in [4.69, 9.17) is 57.3 Å². The van der Waals surface area contributed by atoms with Crippen LogP contribution in [-0.4, -0.2) is 166 Å². The molecule has 8 amide bonds. The molecule has 0 saturated carbocycles. The summed E-state index contributed by atoms with van der Waals surface area (Å²) in [7, 11) is 0. The van der Waals surface area contributed by atoms with Gasteiger partial charge in [0.1, 0.15) is 42.3 Å². The van der Waals surface area contributed by atoms with Crippen molar-refractivity contribution >= 4 is 94.6 Å². The fraction of sp³-hybridized carbons (Fsp3) is 0.540. The highest BCUT2D eigenvalue weighted by Crippen LogP contribution is 2.19. The summed E-state index contributed by atoms with van der Waals surface area (Å²) in [6, 6.07) is -3.00. The molecule has 83 heavy (non-hydrogen) atoms. The quantitative estimate of drug-likeness (QED) is 0.0110. The normalized spacial score (nSPS) is 13.9. The molecule has 3 rings (SSSR count). The van der Waals surface area contributed by atoms with Crippen LogP contribution in [0.3, 0.4) is 0 Å². The van der Waals surface area contributed by atoms with E-state index in [0.717, 1.165) is 10.9 Å². The van der Waals surface area contributed by atoms with Gasteiger partial charge in [0.05, 0.1) is 12.4 Å². The minimum absolute atomic E-state index is 0.0116. The summed E-state index contributed by atoms with van der Waals surface area (Å²) in [6.45, 7) is 3.93. The number of aliphatic imine (C=N–C) groups is 4. The maximum absolute atomic E-state index is 14.6. The number of primary amides is 1. The van der Waals surface area contributed by atoms with Crippen LogP contribution in [-0.2, 0) is 51.2 Å². The van der Waals surface area contributed by atoms with Gasteiger partial charge < -0.3 is 105 Å². The Bertz CT molecular complexity index is 2720. The molecule has 0 aliphatic rings. The Labute approximate surface area is 485 Å². The van der Waals surface area contributed by atoms with Crippen molar-refractivity contribution in [1.29, 1.82) is 0 Å². The topological polar surface area (TPSA) is 575 Å². The molecular formula is C50H84N24O8S. The van der Waals surface area contributed by atoms with E-state index in [-0.39, 0.29) is 126 Å². The summed E-state index contributed by atoms with van der Waals surface area (Å²) in [6.07, 6.45) is 5.10. The first kappa shape index (κ1) is 68.4. The molecule has 0 radical (unpaired) electrons. The van der Waals surface area contributed by atoms with Gasteiger partial charge in [0.25, 0.3) is 0 Å². The van der Waals surface area contributed by atoms with E-state index in [1.54, 1.807) is 20.0 Å². The molecule has 3 aromatic rings. The van der Waals surface area contributed by atoms with Gasteiger partial charge in [0.15, 0.2) is 23.8 Å². The Kier molecular flexibility index (Phi) is 29.5. The molecule has 0 fully saturated rings. The second kappa shape index (κ2) is 35.8. The molecule has 458 valence electrons. The van der Waals surface area contributed by atoms with Crippen LogP contribution in [0, 0.1) is 5.92 Å². The molecule has 33 heteroatoms. The molecule has 0 aliphatic heterocycles. The zero-order chi connectivity index (χ0) is 61.6. The van der Waals surface area contributed by atoms with Crippen LogP contribution in [0.25, 0.3) is 10.9 Å². The Morgan fingerprint density at radius 3 is 1.39 bits per heavy atom. The lowest BCUT2D eigenvalue weighted by Gasteiger charge is -2.28. The van der Waals surface area contributed by atoms with Gasteiger partial charge in [0, 0.05) is 73.8 Å². The molecule has 8 atom stereocenters. The van der Waals surface area contributed by atoms with E-state index in [2.05, 4.69) is 84.8 Å². The lowest BCUT2D eigenvalue weighted by Crippen LogP contribution is -2.61. The van der Waals surface area contributed by atoms with Gasteiger partial charge in [-0.15, -0.1) is 0 Å². The first-order valence-electron chi connectivity index (χ1n) is 26.9. The van der Waals surface area contributed by atoms with Crippen molar-refractivity contribution in [3.63, 3.8) is 0 Å². The molecule has 2 aromatic heterocycles. The minimum atomic E-state index is -1.44. The molecule has 0 bridgehead atoms. The minimum Gasteiger partial charge on any atom is -0.370 e. The van der Waals surface area contributed by atoms with Crippen LogP contribution in [0.4, 0.5) is 0 Å². The van der Waals surface area contributed by atoms with Crippen LogP contribution < -0.4 is 94.6 Å². The lowest BCUT2D eigenvalue weighted by molar-refractivity contribution is -0.136. The second-order valence-corrected chi connectivity index (χ2v) is 20.3. The third-order valence-corrected chi connectivity index (χ3v) is 12.9. The Morgan fingerprint density at radius 1 is 0.518 bits per heavy atom. The van der Waals surface area contributed by atoms with Crippen LogP contribution in [0.15, 0.2) is 63.0 Å². The summed E-state index contributed by atoms with van der Waals surface area (Å²) >= 11 is 4.31. The Hall–Kier alpha value is -8.88. The van der Waals surface area contributed by atoms with Crippen LogP contribution in [0.5, 0.6) is 0 Å². The highest BCUT2D eigenvalue weighted by molar-refractivity contribution is 7.80. The number of carbonyl (C=O) groups excluding carboxylic acids is 8. The zero-order valence-electron chi connectivity index (χ0n) is 46.8. The summed E-state index contributed by atoms with van der Waals surface area (Å²) in [5.74, 6) is -7.66. The third-order valence-electron chi connectivity index (χ3n) is 12.6. The Balaban J connectivity index is 1.93. The number of nitrogens with zero attached hydrogens (tertiary/aromatic N) is 5. The molecule has 29 N–H and O–H groups in total. The molecule has 0 unspecified atom stereocenters. The number of aromatic nitrogens is 3. The third kappa shape index (κ3) is 25.6. The van der Waals surface area contributed by atoms with E-state index >= 15 is 0 Å². The van der Waals surface area contributed by atoms with Gasteiger partial charge >= 0.3 is 0 Å². The fourth-order valence-corrected chi connectivity index (χ4v) is 8.60. The van der Waals surface area contributed by atoms with Crippen molar-refractivity contribution in [2.45, 2.75) is 133 Å². The fourth-order valence-electron chi connectivity index (χ4n) is 8.35. The number of nitrogens with two attached hydrogens (primary N) is 10. The summed E-state index contributed by atoms with van der Waals surface area (Å²) in [5.41, 5.74) is 57.9. The predicted octanol–water partition coefficient (Wildman–Crippen LogP) is -5.93. The largest absolute Gasteiger partial charge is 0.370 e. The number of fused-ring (bicyclic) bond motifs is 1. The van der Waals surface area contributed by atoms with Gasteiger partial charge in [-0.25, -0.2) is 4.98 Å². The highest BCUT2D eigenvalue weighted by atomic mass is 32.1. The van der Waals surface area contributed by atoms with Crippen LogP contribution in [0.1, 0.15) is 82.9 Å². The van der Waals surface area contributed by atoms with E-state index in [1.165, 1.54) is 12.5 Å². The number of rotatable bonds is 38. The number of para-hydroxylation sites is 1. The number of aromatic amines is 2.